The molecule has 0 N–H and O–H groups in total. The zero-order valence-corrected chi connectivity index (χ0v) is 9.06. The molecule has 0 aromatic heterocycles. The first-order chi connectivity index (χ1) is 7.24. The number of amides is 1. The molecule has 0 unspecified atom stereocenters. The summed E-state index contributed by atoms with van der Waals surface area (Å²) in [5, 5.41) is 1.46. The third kappa shape index (κ3) is 1.75. The summed E-state index contributed by atoms with van der Waals surface area (Å²) in [7, 11) is 1.54. The van der Waals surface area contributed by atoms with E-state index in [-0.39, 0.29) is 11.9 Å². The molecule has 1 aromatic carbocycles. The highest BCUT2D eigenvalue weighted by Gasteiger charge is 2.29. The van der Waals surface area contributed by atoms with Crippen molar-refractivity contribution < 1.29 is 9.63 Å². The Morgan fingerprint density at radius 3 is 2.87 bits per heavy atom. The van der Waals surface area contributed by atoms with E-state index < -0.39 is 0 Å². The number of benzene rings is 1. The Kier molecular flexibility index (Phi) is 2.73. The molecule has 0 saturated heterocycles. The lowest BCUT2D eigenvalue weighted by Crippen LogP contribution is -2.30. The summed E-state index contributed by atoms with van der Waals surface area (Å²) < 4.78 is 0. The summed E-state index contributed by atoms with van der Waals surface area (Å²) in [5.41, 5.74) is 2.54. The zero-order valence-electron chi connectivity index (χ0n) is 9.06. The van der Waals surface area contributed by atoms with Crippen LogP contribution in [-0.2, 0) is 16.1 Å². The van der Waals surface area contributed by atoms with Crippen LogP contribution in [0.4, 0.5) is 0 Å². The van der Waals surface area contributed by atoms with E-state index in [2.05, 4.69) is 12.1 Å². The van der Waals surface area contributed by atoms with Gasteiger partial charge in [0.15, 0.2) is 0 Å². The van der Waals surface area contributed by atoms with Crippen LogP contribution in [0.15, 0.2) is 24.3 Å². The summed E-state index contributed by atoms with van der Waals surface area (Å²) in [6.45, 7) is 1.53. The van der Waals surface area contributed by atoms with Gasteiger partial charge in [-0.2, -0.15) is 0 Å². The van der Waals surface area contributed by atoms with E-state index in [4.69, 9.17) is 4.84 Å². The fourth-order valence-electron chi connectivity index (χ4n) is 2.25. The van der Waals surface area contributed by atoms with Gasteiger partial charge in [-0.15, -0.1) is 0 Å². The molecule has 0 aliphatic heterocycles. The molecule has 3 nitrogen and oxygen atoms in total. The van der Waals surface area contributed by atoms with Crippen molar-refractivity contribution >= 4 is 5.91 Å². The van der Waals surface area contributed by atoms with Gasteiger partial charge in [0.05, 0.1) is 13.2 Å². The van der Waals surface area contributed by atoms with Crippen molar-refractivity contribution in [3.8, 4) is 0 Å². The van der Waals surface area contributed by atoms with Crippen LogP contribution in [0, 0.1) is 0 Å². The molecule has 3 heteroatoms. The minimum Gasteiger partial charge on any atom is -0.274 e. The van der Waals surface area contributed by atoms with Crippen LogP contribution in [0.3, 0.4) is 0 Å². The number of carbonyl (C=O) groups excluding carboxylic acids is 1. The molecule has 0 spiro atoms. The lowest BCUT2D eigenvalue weighted by atomic mass is 10.1. The monoisotopic (exact) mass is 205 g/mol. The largest absolute Gasteiger partial charge is 0.274 e. The molecule has 1 aliphatic rings. The number of hydrogen-bond acceptors (Lipinski definition) is 2. The first kappa shape index (κ1) is 10.2. The van der Waals surface area contributed by atoms with Crippen LogP contribution in [0.1, 0.15) is 30.5 Å². The molecule has 2 rings (SSSR count). The fraction of sp³-hybridized carbons (Fsp3) is 0.417. The Balaban J connectivity index is 2.30. The molecule has 0 bridgehead atoms. The molecule has 0 heterocycles. The maximum Gasteiger partial charge on any atom is 0.243 e. The van der Waals surface area contributed by atoms with Crippen molar-refractivity contribution in [3.63, 3.8) is 0 Å². The van der Waals surface area contributed by atoms with Crippen LogP contribution < -0.4 is 0 Å². The van der Waals surface area contributed by atoms with Gasteiger partial charge in [0.1, 0.15) is 0 Å². The predicted molar refractivity (Wildman–Crippen MR) is 57.0 cm³/mol. The topological polar surface area (TPSA) is 29.5 Å². The Morgan fingerprint density at radius 2 is 2.20 bits per heavy atom. The van der Waals surface area contributed by atoms with Gasteiger partial charge in [-0.25, -0.2) is 5.06 Å². The van der Waals surface area contributed by atoms with Crippen LogP contribution in [0.2, 0.25) is 0 Å². The van der Waals surface area contributed by atoms with Gasteiger partial charge in [0.2, 0.25) is 5.91 Å². The highest BCUT2D eigenvalue weighted by atomic mass is 16.7. The second kappa shape index (κ2) is 4.03. The Labute approximate surface area is 89.6 Å². The zero-order chi connectivity index (χ0) is 10.8. The SMILES string of the molecule is CON(C(C)=O)[C@@H]1CCc2ccccc21. The normalized spacial score (nSPS) is 18.7. The number of hydrogen-bond donors (Lipinski definition) is 0. The third-order valence-electron chi connectivity index (χ3n) is 2.89. The maximum atomic E-state index is 11.4. The highest BCUT2D eigenvalue weighted by molar-refractivity contribution is 5.72. The number of aryl methyl sites for hydroxylation is 1. The van der Waals surface area contributed by atoms with Crippen molar-refractivity contribution in [2.24, 2.45) is 0 Å². The van der Waals surface area contributed by atoms with Crippen molar-refractivity contribution in [2.75, 3.05) is 7.11 Å². The van der Waals surface area contributed by atoms with Gasteiger partial charge in [-0.1, -0.05) is 24.3 Å². The van der Waals surface area contributed by atoms with Crippen molar-refractivity contribution in [2.45, 2.75) is 25.8 Å². The Bertz CT molecular complexity index is 376. The molecular formula is C12H15NO2. The molecule has 1 amide bonds. The minimum absolute atomic E-state index is 0.0424. The molecule has 1 aromatic rings. The van der Waals surface area contributed by atoms with Gasteiger partial charge in [0.25, 0.3) is 0 Å². The van der Waals surface area contributed by atoms with Crippen molar-refractivity contribution in [1.82, 2.24) is 5.06 Å². The summed E-state index contributed by atoms with van der Waals surface area (Å²) >= 11 is 0. The van der Waals surface area contributed by atoms with Gasteiger partial charge in [-0.05, 0) is 24.0 Å². The number of fused-ring (bicyclic) bond motifs is 1. The van der Waals surface area contributed by atoms with Gasteiger partial charge in [-0.3, -0.25) is 9.63 Å². The maximum absolute atomic E-state index is 11.4. The number of hydroxylamine groups is 2. The second-order valence-electron chi connectivity index (χ2n) is 3.78. The third-order valence-corrected chi connectivity index (χ3v) is 2.89. The van der Waals surface area contributed by atoms with Crippen molar-refractivity contribution in [1.29, 1.82) is 0 Å². The molecule has 1 aliphatic carbocycles. The van der Waals surface area contributed by atoms with Crippen LogP contribution in [0.5, 0.6) is 0 Å². The lowest BCUT2D eigenvalue weighted by molar-refractivity contribution is -0.187. The van der Waals surface area contributed by atoms with Crippen molar-refractivity contribution in [3.05, 3.63) is 35.4 Å². The number of nitrogens with zero attached hydrogens (tertiary/aromatic N) is 1. The van der Waals surface area contributed by atoms with E-state index in [0.717, 1.165) is 12.8 Å². The van der Waals surface area contributed by atoms with Crippen LogP contribution in [0.25, 0.3) is 0 Å². The first-order valence-electron chi connectivity index (χ1n) is 5.15. The number of rotatable bonds is 2. The standard InChI is InChI=1S/C12H15NO2/c1-9(14)13(15-2)12-8-7-10-5-3-4-6-11(10)12/h3-6,12H,7-8H2,1-2H3/t12-/m1/s1. The van der Waals surface area contributed by atoms with E-state index >= 15 is 0 Å². The average molecular weight is 205 g/mol. The molecular weight excluding hydrogens is 190 g/mol. The van der Waals surface area contributed by atoms with Gasteiger partial charge >= 0.3 is 0 Å². The smallest absolute Gasteiger partial charge is 0.243 e. The van der Waals surface area contributed by atoms with E-state index in [1.165, 1.54) is 23.1 Å². The molecule has 15 heavy (non-hydrogen) atoms. The first-order valence-corrected chi connectivity index (χ1v) is 5.15. The highest BCUT2D eigenvalue weighted by Crippen LogP contribution is 2.35. The molecule has 0 saturated carbocycles. The van der Waals surface area contributed by atoms with Crippen LogP contribution in [-0.4, -0.2) is 18.1 Å². The Morgan fingerprint density at radius 1 is 1.47 bits per heavy atom. The predicted octanol–water partition coefficient (Wildman–Crippen LogP) is 2.08. The van der Waals surface area contributed by atoms with Crippen LogP contribution >= 0.6 is 0 Å². The van der Waals surface area contributed by atoms with Gasteiger partial charge in [0, 0.05) is 6.92 Å². The summed E-state index contributed by atoms with van der Waals surface area (Å²) in [6.07, 6.45) is 1.97. The molecule has 0 fully saturated rings. The quantitative estimate of drug-likeness (QED) is 0.692. The Hall–Kier alpha value is -1.35. The summed E-state index contributed by atoms with van der Waals surface area (Å²) in [5.74, 6) is -0.0424. The van der Waals surface area contributed by atoms with E-state index in [9.17, 15) is 4.79 Å². The summed E-state index contributed by atoms with van der Waals surface area (Å²) in [6, 6.07) is 8.31. The molecule has 0 radical (unpaired) electrons. The molecule has 1 atom stereocenters. The number of carbonyl (C=O) groups is 1. The van der Waals surface area contributed by atoms with E-state index in [1.807, 2.05) is 12.1 Å². The molecule has 80 valence electrons. The summed E-state index contributed by atoms with van der Waals surface area (Å²) in [4.78, 5) is 16.5. The second-order valence-corrected chi connectivity index (χ2v) is 3.78. The fourth-order valence-corrected chi connectivity index (χ4v) is 2.25. The van der Waals surface area contributed by atoms with E-state index in [1.54, 1.807) is 7.11 Å². The average Bonchev–Trinajstić information content (AvgIpc) is 2.63. The van der Waals surface area contributed by atoms with E-state index in [0.29, 0.717) is 0 Å². The minimum atomic E-state index is -0.0424. The van der Waals surface area contributed by atoms with Gasteiger partial charge < -0.3 is 0 Å². The lowest BCUT2D eigenvalue weighted by Gasteiger charge is -2.25.